The number of amides is 4. The standard InChI is InChI=1S/C44H52N8O7S/c1-6-30-24-44(30,41(56)51-60(57,58)43(18-19-43)23-28-16-17-28)50-38(54)34-22-31(26-52(34)40(55)35(42(3,4)5)48-37(53)27(2)25-46-21-20-45)59-39-32-14-10-11-15-33(32)47-36(49-39)29-12-8-7-9-13-29/h6-15,20-21,25,28,30-31,34-35H,1-2,16-19,22-24,26,45H2,3-5H3,(H,48,53)(H,50,54)(H,51,56)/b21-20-,46-25?/t30-,31-,34+,35?,44-/m1/s1. The Morgan fingerprint density at radius 1 is 1.07 bits per heavy atom. The van der Waals surface area contributed by atoms with Gasteiger partial charge in [-0.25, -0.2) is 13.4 Å². The van der Waals surface area contributed by atoms with Crippen molar-refractivity contribution in [3.8, 4) is 17.3 Å². The van der Waals surface area contributed by atoms with Crippen molar-refractivity contribution in [2.45, 2.75) is 94.2 Å². The average Bonchev–Trinajstić information content (AvgIpc) is 4.17. The van der Waals surface area contributed by atoms with Gasteiger partial charge < -0.3 is 26.0 Å². The van der Waals surface area contributed by atoms with E-state index in [-0.39, 0.29) is 30.8 Å². The van der Waals surface area contributed by atoms with Gasteiger partial charge in [-0.05, 0) is 49.1 Å². The van der Waals surface area contributed by atoms with Gasteiger partial charge in [0.2, 0.25) is 27.7 Å². The van der Waals surface area contributed by atoms with Gasteiger partial charge in [-0.15, -0.1) is 6.58 Å². The number of likely N-dealkylation sites (tertiary alicyclic amines) is 1. The van der Waals surface area contributed by atoms with Gasteiger partial charge in [0.15, 0.2) is 5.82 Å². The molecule has 316 valence electrons. The minimum Gasteiger partial charge on any atom is -0.472 e. The molecular weight excluding hydrogens is 785 g/mol. The molecular formula is C44H52N8O7S. The lowest BCUT2D eigenvalue weighted by Gasteiger charge is -2.35. The van der Waals surface area contributed by atoms with E-state index in [2.05, 4.69) is 33.5 Å². The number of fused-ring (bicyclic) bond motifs is 1. The molecule has 3 aliphatic carbocycles. The van der Waals surface area contributed by atoms with Crippen molar-refractivity contribution in [3.05, 3.63) is 91.8 Å². The SMILES string of the molecule is C=C[C@@H]1C[C@]1(NC(=O)[C@@H]1C[C@@H](Oc2nc(-c3ccccc3)nc3ccccc23)CN1C(=O)C(NC(=O)C(=C)C=N/C=C\N)C(C)(C)C)C(=O)NS(=O)(=O)C1(CC2CC2)CC1. The molecule has 1 aromatic heterocycles. The predicted octanol–water partition coefficient (Wildman–Crippen LogP) is 4.07. The molecule has 4 amide bonds. The van der Waals surface area contributed by atoms with Gasteiger partial charge in [0.05, 0.1) is 27.8 Å². The Labute approximate surface area is 350 Å². The lowest BCUT2D eigenvalue weighted by atomic mass is 9.85. The highest BCUT2D eigenvalue weighted by Crippen LogP contribution is 2.53. The summed E-state index contributed by atoms with van der Waals surface area (Å²) in [6, 6.07) is 14.4. The molecule has 1 saturated heterocycles. The number of rotatable bonds is 16. The molecule has 7 rings (SSSR count). The monoisotopic (exact) mass is 836 g/mol. The average molecular weight is 837 g/mol. The number of hydrogen-bond acceptors (Lipinski definition) is 11. The lowest BCUT2D eigenvalue weighted by molar-refractivity contribution is -0.144. The number of hydrogen-bond donors (Lipinski definition) is 4. The van der Waals surface area contributed by atoms with Crippen LogP contribution in [0.3, 0.4) is 0 Å². The first-order valence-electron chi connectivity index (χ1n) is 20.2. The van der Waals surface area contributed by atoms with Crippen LogP contribution in [0.2, 0.25) is 0 Å². The molecule has 16 heteroatoms. The van der Waals surface area contributed by atoms with Crippen LogP contribution < -0.4 is 25.8 Å². The highest BCUT2D eigenvalue weighted by molar-refractivity contribution is 7.91. The van der Waals surface area contributed by atoms with Gasteiger partial charge in [-0.3, -0.25) is 28.9 Å². The number of para-hydroxylation sites is 1. The molecule has 1 aliphatic heterocycles. The quantitative estimate of drug-likeness (QED) is 0.0922. The third-order valence-corrected chi connectivity index (χ3v) is 14.0. The fourth-order valence-corrected chi connectivity index (χ4v) is 9.63. The number of nitrogens with two attached hydrogens (primary N) is 1. The Hall–Kier alpha value is -5.90. The van der Waals surface area contributed by atoms with Gasteiger partial charge in [0, 0.05) is 36.5 Å². The zero-order chi connectivity index (χ0) is 43.0. The van der Waals surface area contributed by atoms with Crippen molar-refractivity contribution in [1.29, 1.82) is 0 Å². The van der Waals surface area contributed by atoms with E-state index in [0.717, 1.165) is 18.4 Å². The number of aliphatic imine (C=N–C) groups is 1. The van der Waals surface area contributed by atoms with E-state index in [1.807, 2.05) is 54.6 Å². The highest BCUT2D eigenvalue weighted by atomic mass is 32.2. The van der Waals surface area contributed by atoms with Crippen molar-refractivity contribution < 1.29 is 32.3 Å². The number of ether oxygens (including phenoxy) is 1. The second kappa shape index (κ2) is 16.3. The predicted molar refractivity (Wildman–Crippen MR) is 227 cm³/mol. The first kappa shape index (κ1) is 42.2. The van der Waals surface area contributed by atoms with E-state index in [1.165, 1.54) is 29.6 Å². The molecule has 0 bridgehead atoms. The van der Waals surface area contributed by atoms with Crippen LogP contribution in [-0.2, 0) is 29.2 Å². The number of benzene rings is 2. The minimum absolute atomic E-state index is 0.0224. The maximum atomic E-state index is 14.8. The molecule has 2 heterocycles. The molecule has 4 fully saturated rings. The Kier molecular flexibility index (Phi) is 11.5. The number of carbonyl (C=O) groups is 4. The van der Waals surface area contributed by atoms with E-state index in [9.17, 15) is 27.6 Å². The molecule has 2 aromatic carbocycles. The fourth-order valence-electron chi connectivity index (χ4n) is 7.89. The molecule has 4 aliphatic rings. The Balaban J connectivity index is 1.19. The van der Waals surface area contributed by atoms with Gasteiger partial charge >= 0.3 is 0 Å². The summed E-state index contributed by atoms with van der Waals surface area (Å²) in [6.45, 7) is 12.8. The number of nitrogens with one attached hydrogen (secondary N) is 3. The van der Waals surface area contributed by atoms with Crippen molar-refractivity contribution in [2.24, 2.45) is 28.0 Å². The van der Waals surface area contributed by atoms with Crippen LogP contribution in [0.1, 0.15) is 65.7 Å². The summed E-state index contributed by atoms with van der Waals surface area (Å²) in [5, 5.41) is 6.25. The van der Waals surface area contributed by atoms with Crippen molar-refractivity contribution in [1.82, 2.24) is 30.2 Å². The maximum Gasteiger partial charge on any atom is 0.259 e. The summed E-state index contributed by atoms with van der Waals surface area (Å²) in [6.07, 6.45) is 7.91. The van der Waals surface area contributed by atoms with E-state index >= 15 is 0 Å². The lowest BCUT2D eigenvalue weighted by Crippen LogP contribution is -2.60. The van der Waals surface area contributed by atoms with Crippen molar-refractivity contribution in [2.75, 3.05) is 6.54 Å². The highest BCUT2D eigenvalue weighted by Gasteiger charge is 2.64. The first-order valence-corrected chi connectivity index (χ1v) is 21.7. The van der Waals surface area contributed by atoms with E-state index in [0.29, 0.717) is 41.9 Å². The molecule has 5 atom stereocenters. The van der Waals surface area contributed by atoms with Gasteiger partial charge in [0.25, 0.3) is 11.8 Å². The number of sulfonamides is 1. The molecule has 3 saturated carbocycles. The Bertz CT molecular complexity index is 2390. The van der Waals surface area contributed by atoms with Crippen molar-refractivity contribution >= 4 is 50.8 Å². The Morgan fingerprint density at radius 3 is 2.40 bits per heavy atom. The smallest absolute Gasteiger partial charge is 0.259 e. The number of nitrogens with zero attached hydrogens (tertiary/aromatic N) is 4. The summed E-state index contributed by atoms with van der Waals surface area (Å²) < 4.78 is 35.2. The summed E-state index contributed by atoms with van der Waals surface area (Å²) in [4.78, 5) is 71.6. The number of aromatic nitrogens is 2. The van der Waals surface area contributed by atoms with E-state index in [1.54, 1.807) is 20.8 Å². The first-order chi connectivity index (χ1) is 28.5. The third kappa shape index (κ3) is 8.69. The second-order valence-corrected chi connectivity index (χ2v) is 19.5. The van der Waals surface area contributed by atoms with Crippen LogP contribution >= 0.6 is 0 Å². The molecule has 3 aromatic rings. The topological polar surface area (TPSA) is 215 Å². The fraction of sp³-hybridized carbons (Fsp3) is 0.432. The molecule has 1 unspecified atom stereocenters. The van der Waals surface area contributed by atoms with Crippen LogP contribution in [0.5, 0.6) is 5.88 Å². The zero-order valence-corrected chi connectivity index (χ0v) is 34.9. The summed E-state index contributed by atoms with van der Waals surface area (Å²) in [5.41, 5.74) is 4.24. The normalized spacial score (nSPS) is 23.9. The summed E-state index contributed by atoms with van der Waals surface area (Å²) >= 11 is 0. The Morgan fingerprint density at radius 2 is 1.77 bits per heavy atom. The van der Waals surface area contributed by atoms with E-state index < -0.39 is 73.5 Å². The van der Waals surface area contributed by atoms with Crippen molar-refractivity contribution in [3.63, 3.8) is 0 Å². The largest absolute Gasteiger partial charge is 0.472 e. The zero-order valence-electron chi connectivity index (χ0n) is 34.1. The third-order valence-electron chi connectivity index (χ3n) is 11.8. The van der Waals surface area contributed by atoms with E-state index in [4.69, 9.17) is 20.4 Å². The van der Waals surface area contributed by atoms with Crippen LogP contribution in [0.4, 0.5) is 0 Å². The maximum absolute atomic E-state index is 14.8. The van der Waals surface area contributed by atoms with Gasteiger partial charge in [0.1, 0.15) is 23.7 Å². The number of carbonyl (C=O) groups excluding carboxylic acids is 4. The summed E-state index contributed by atoms with van der Waals surface area (Å²) in [5.74, 6) is -2.32. The van der Waals surface area contributed by atoms with Gasteiger partial charge in [-0.2, -0.15) is 4.98 Å². The molecule has 60 heavy (non-hydrogen) atoms. The minimum atomic E-state index is -4.04. The molecule has 0 spiro atoms. The summed E-state index contributed by atoms with van der Waals surface area (Å²) in [7, 11) is -4.04. The molecule has 0 radical (unpaired) electrons. The molecule has 5 N–H and O–H groups in total. The van der Waals surface area contributed by atoms with Crippen LogP contribution in [0.15, 0.2) is 96.8 Å². The second-order valence-electron chi connectivity index (χ2n) is 17.4. The molecule has 15 nitrogen and oxygen atoms in total. The van der Waals surface area contributed by atoms with Gasteiger partial charge in [-0.1, -0.05) is 88.7 Å². The van der Waals surface area contributed by atoms with Crippen LogP contribution in [0.25, 0.3) is 22.3 Å². The van der Waals surface area contributed by atoms with Crippen LogP contribution in [-0.4, -0.2) is 88.1 Å². The van der Waals surface area contributed by atoms with Crippen LogP contribution in [0, 0.1) is 17.3 Å².